The Morgan fingerprint density at radius 3 is 2.86 bits per heavy atom. The Morgan fingerprint density at radius 2 is 2.21 bits per heavy atom. The topological polar surface area (TPSA) is 43.8 Å². The molecule has 0 saturated carbocycles. The Kier molecular flexibility index (Phi) is 2.33. The van der Waals surface area contributed by atoms with Crippen LogP contribution in [-0.2, 0) is 13.6 Å². The summed E-state index contributed by atoms with van der Waals surface area (Å²) in [5, 5.41) is 5.56. The molecule has 1 aromatic heterocycles. The van der Waals surface area contributed by atoms with Gasteiger partial charge in [-0.1, -0.05) is 6.07 Å². The van der Waals surface area contributed by atoms with Gasteiger partial charge >= 0.3 is 0 Å². The minimum Gasteiger partial charge on any atom is -0.326 e. The number of rotatable bonds is 1. The van der Waals surface area contributed by atoms with E-state index in [-0.39, 0.29) is 0 Å². The number of hydrogen-bond donors (Lipinski definition) is 1. The van der Waals surface area contributed by atoms with E-state index in [0.29, 0.717) is 6.54 Å². The van der Waals surface area contributed by atoms with Crippen molar-refractivity contribution >= 4 is 26.8 Å². The zero-order valence-electron chi connectivity index (χ0n) is 8.21. The van der Waals surface area contributed by atoms with Gasteiger partial charge in [0.2, 0.25) is 0 Å². The van der Waals surface area contributed by atoms with Gasteiger partial charge in [-0.15, -0.1) is 0 Å². The maximum absolute atomic E-state index is 5.69. The number of nitrogens with two attached hydrogens (primary N) is 1. The molecule has 2 rings (SSSR count). The molecule has 0 saturated heterocycles. The molecule has 0 aliphatic carbocycles. The van der Waals surface area contributed by atoms with Crippen molar-refractivity contribution in [3.05, 3.63) is 27.9 Å². The number of nitrogens with zero attached hydrogens (tertiary/aromatic N) is 2. The summed E-state index contributed by atoms with van der Waals surface area (Å²) < 4.78 is 2.95. The Labute approximate surface area is 91.0 Å². The SMILES string of the molecule is Cc1nn(C)c2c(Br)ccc(CN)c12. The first kappa shape index (κ1) is 9.68. The molecule has 2 N–H and O–H groups in total. The number of halogens is 1. The fourth-order valence-corrected chi connectivity index (χ4v) is 2.41. The van der Waals surface area contributed by atoms with Crippen LogP contribution in [0.3, 0.4) is 0 Å². The van der Waals surface area contributed by atoms with Crippen LogP contribution in [0, 0.1) is 6.92 Å². The van der Waals surface area contributed by atoms with Gasteiger partial charge in [0.05, 0.1) is 11.2 Å². The van der Waals surface area contributed by atoms with Crippen molar-refractivity contribution in [3.8, 4) is 0 Å². The van der Waals surface area contributed by atoms with E-state index in [2.05, 4.69) is 21.0 Å². The normalized spacial score (nSPS) is 11.1. The van der Waals surface area contributed by atoms with Gasteiger partial charge in [-0.2, -0.15) is 5.10 Å². The van der Waals surface area contributed by atoms with E-state index in [9.17, 15) is 0 Å². The van der Waals surface area contributed by atoms with E-state index in [4.69, 9.17) is 5.73 Å². The lowest BCUT2D eigenvalue weighted by atomic mass is 10.1. The molecular weight excluding hydrogens is 242 g/mol. The maximum atomic E-state index is 5.69. The number of fused-ring (bicyclic) bond motifs is 1. The molecule has 2 aromatic rings. The highest BCUT2D eigenvalue weighted by Gasteiger charge is 2.11. The third-order valence-corrected chi connectivity index (χ3v) is 3.06. The molecule has 1 heterocycles. The first-order chi connectivity index (χ1) is 6.65. The largest absolute Gasteiger partial charge is 0.326 e. The molecule has 0 aliphatic rings. The fraction of sp³-hybridized carbons (Fsp3) is 0.300. The average molecular weight is 254 g/mol. The van der Waals surface area contributed by atoms with Gasteiger partial charge in [-0.3, -0.25) is 4.68 Å². The Bertz CT molecular complexity index is 488. The molecule has 3 nitrogen and oxygen atoms in total. The molecule has 74 valence electrons. The second-order valence-electron chi connectivity index (χ2n) is 3.34. The third kappa shape index (κ3) is 1.26. The van der Waals surface area contributed by atoms with E-state index in [1.165, 1.54) is 5.39 Å². The van der Waals surface area contributed by atoms with Crippen LogP contribution in [0.4, 0.5) is 0 Å². The van der Waals surface area contributed by atoms with Crippen molar-refractivity contribution in [1.29, 1.82) is 0 Å². The summed E-state index contributed by atoms with van der Waals surface area (Å²) in [5.41, 5.74) is 8.99. The molecule has 0 radical (unpaired) electrons. The van der Waals surface area contributed by atoms with Crippen LogP contribution >= 0.6 is 15.9 Å². The van der Waals surface area contributed by atoms with E-state index >= 15 is 0 Å². The van der Waals surface area contributed by atoms with Crippen molar-refractivity contribution in [1.82, 2.24) is 9.78 Å². The molecule has 4 heteroatoms. The Balaban J connectivity index is 2.94. The van der Waals surface area contributed by atoms with Gasteiger partial charge in [0.25, 0.3) is 0 Å². The molecule has 0 amide bonds. The van der Waals surface area contributed by atoms with Crippen molar-refractivity contribution < 1.29 is 0 Å². The van der Waals surface area contributed by atoms with Gasteiger partial charge in [0.15, 0.2) is 0 Å². The highest BCUT2D eigenvalue weighted by molar-refractivity contribution is 9.10. The monoisotopic (exact) mass is 253 g/mol. The summed E-state index contributed by atoms with van der Waals surface area (Å²) in [6, 6.07) is 4.06. The molecular formula is C10H12BrN3. The average Bonchev–Trinajstić information content (AvgIpc) is 2.44. The molecule has 14 heavy (non-hydrogen) atoms. The predicted octanol–water partition coefficient (Wildman–Crippen LogP) is 2.10. The molecule has 0 fully saturated rings. The summed E-state index contributed by atoms with van der Waals surface area (Å²) in [6.07, 6.45) is 0. The van der Waals surface area contributed by atoms with Crippen molar-refractivity contribution in [3.63, 3.8) is 0 Å². The van der Waals surface area contributed by atoms with Gasteiger partial charge in [-0.05, 0) is 34.5 Å². The smallest absolute Gasteiger partial charge is 0.0827 e. The number of aromatic nitrogens is 2. The summed E-state index contributed by atoms with van der Waals surface area (Å²) in [4.78, 5) is 0. The highest BCUT2D eigenvalue weighted by atomic mass is 79.9. The first-order valence-electron chi connectivity index (χ1n) is 4.46. The number of aryl methyl sites for hydroxylation is 2. The fourth-order valence-electron chi connectivity index (χ4n) is 1.82. The van der Waals surface area contributed by atoms with E-state index in [1.54, 1.807) is 0 Å². The summed E-state index contributed by atoms with van der Waals surface area (Å²) in [7, 11) is 1.94. The molecule has 0 spiro atoms. The summed E-state index contributed by atoms with van der Waals surface area (Å²) in [6.45, 7) is 2.56. The lowest BCUT2D eigenvalue weighted by molar-refractivity contribution is 0.782. The van der Waals surface area contributed by atoms with Crippen LogP contribution in [0.15, 0.2) is 16.6 Å². The van der Waals surface area contributed by atoms with Gasteiger partial charge in [0, 0.05) is 23.5 Å². The molecule has 0 atom stereocenters. The lowest BCUT2D eigenvalue weighted by Crippen LogP contribution is -1.97. The van der Waals surface area contributed by atoms with Crippen molar-refractivity contribution in [2.45, 2.75) is 13.5 Å². The molecule has 0 unspecified atom stereocenters. The van der Waals surface area contributed by atoms with Crippen LogP contribution in [0.5, 0.6) is 0 Å². The minimum absolute atomic E-state index is 0.552. The van der Waals surface area contributed by atoms with E-state index in [1.807, 2.05) is 30.8 Å². The third-order valence-electron chi connectivity index (χ3n) is 2.42. The number of benzene rings is 1. The zero-order valence-corrected chi connectivity index (χ0v) is 9.80. The first-order valence-corrected chi connectivity index (χ1v) is 5.25. The second kappa shape index (κ2) is 3.37. The Hall–Kier alpha value is -0.870. The predicted molar refractivity (Wildman–Crippen MR) is 61.0 cm³/mol. The quantitative estimate of drug-likeness (QED) is 0.846. The summed E-state index contributed by atoms with van der Waals surface area (Å²) >= 11 is 3.52. The maximum Gasteiger partial charge on any atom is 0.0827 e. The standard InChI is InChI=1S/C10H12BrN3/c1-6-9-7(5-12)3-4-8(11)10(9)14(2)13-6/h3-4H,5,12H2,1-2H3. The van der Waals surface area contributed by atoms with Crippen LogP contribution in [0.1, 0.15) is 11.3 Å². The summed E-state index contributed by atoms with van der Waals surface area (Å²) in [5.74, 6) is 0. The Morgan fingerprint density at radius 1 is 1.50 bits per heavy atom. The van der Waals surface area contributed by atoms with Crippen LogP contribution in [-0.4, -0.2) is 9.78 Å². The van der Waals surface area contributed by atoms with Gasteiger partial charge < -0.3 is 5.73 Å². The minimum atomic E-state index is 0.552. The van der Waals surface area contributed by atoms with Crippen molar-refractivity contribution in [2.75, 3.05) is 0 Å². The van der Waals surface area contributed by atoms with Crippen LogP contribution in [0.25, 0.3) is 10.9 Å². The van der Waals surface area contributed by atoms with Crippen LogP contribution < -0.4 is 5.73 Å². The van der Waals surface area contributed by atoms with Crippen LogP contribution in [0.2, 0.25) is 0 Å². The van der Waals surface area contributed by atoms with E-state index < -0.39 is 0 Å². The van der Waals surface area contributed by atoms with Crippen molar-refractivity contribution in [2.24, 2.45) is 12.8 Å². The zero-order chi connectivity index (χ0) is 10.3. The molecule has 0 aliphatic heterocycles. The van der Waals surface area contributed by atoms with Gasteiger partial charge in [0.1, 0.15) is 0 Å². The number of hydrogen-bond acceptors (Lipinski definition) is 2. The van der Waals surface area contributed by atoms with E-state index in [0.717, 1.165) is 21.2 Å². The van der Waals surface area contributed by atoms with Gasteiger partial charge in [-0.25, -0.2) is 0 Å². The lowest BCUT2D eigenvalue weighted by Gasteiger charge is -2.02. The highest BCUT2D eigenvalue weighted by Crippen LogP contribution is 2.28. The molecule has 0 bridgehead atoms. The second-order valence-corrected chi connectivity index (χ2v) is 4.20. The molecule has 1 aromatic carbocycles.